The third-order valence-corrected chi connectivity index (χ3v) is 29.6. The number of hydrogen-bond donors (Lipinski definition) is 4. The van der Waals surface area contributed by atoms with Gasteiger partial charge in [-0.25, -0.2) is 14.4 Å². The topological polar surface area (TPSA) is 235 Å². The number of fused-ring (bicyclic) bond motifs is 1. The minimum absolute atomic E-state index is 0.0107. The van der Waals surface area contributed by atoms with Crippen molar-refractivity contribution in [1.29, 1.82) is 0 Å². The van der Waals surface area contributed by atoms with E-state index in [0.29, 0.717) is 142 Å². The lowest BCUT2D eigenvalue weighted by molar-refractivity contribution is -0.136. The first-order valence-corrected chi connectivity index (χ1v) is 47.4. The number of nitrogens with one attached hydrogen (secondary N) is 4. The highest BCUT2D eigenvalue weighted by atomic mass is 35.5. The summed E-state index contributed by atoms with van der Waals surface area (Å²) in [4.78, 5) is 146. The van der Waals surface area contributed by atoms with Gasteiger partial charge < -0.3 is 65.0 Å². The Hall–Kier alpha value is -10.4. The molecule has 128 heavy (non-hydrogen) atoms. The van der Waals surface area contributed by atoms with E-state index in [-0.39, 0.29) is 72.8 Å². The molecule has 7 heterocycles. The molecule has 0 aliphatic carbocycles. The lowest BCUT2D eigenvalue weighted by atomic mass is 9.90. The van der Waals surface area contributed by atoms with Crippen LogP contribution in [0.5, 0.6) is 0 Å². The van der Waals surface area contributed by atoms with Gasteiger partial charge in [0.25, 0.3) is 0 Å². The standard InChI is InChI=1S/C35H38ClN5O3S.C32H34Cl2N4O3S.C31H32Cl2N4O3S/c1-4-37-34(44)40-17-15-39(16-18-40)33(43)35(45-27-12-7-24(3)8-13-27)20-31(42)41(22-25-9-5-23(2)6-10-25)32(35)29-21-38-30-19-26(36)11-14-28(29)30;1-3-35-31(41)37-18-16-36(17-19-37)30(40)32(42-27-14-4-22(2)5-15-27)20-28(39)38(21-23-6-10-25(33)11-7-23)29(32)24-8-12-26(34)13-9-24;1-3-34-30(40)36-18-16-35(17-19-36)29(39)31(41-26-14-4-21(2)5-15-26)20-27(38)37(25-12-10-24(33)11-13-25)28(31)22-6-8-23(32)9-7-22/h5-14,19,21,32,38H,4,15-18,20,22H2,1-3H3,(H,37,44);4-15,29H,3,16-21H2,1-2H3,(H,35,41);4-15,28H,3,16-20H2,1-2H3,(H,34,40)/t32-,35-;;/m0../s1. The molecule has 0 saturated carbocycles. The highest BCUT2D eigenvalue weighted by molar-refractivity contribution is 8.02. The molecule has 668 valence electrons. The van der Waals surface area contributed by atoms with Crippen molar-refractivity contribution in [1.82, 2.24) is 60.1 Å². The average Bonchev–Trinajstić information content (AvgIpc) is 1.57. The Bertz CT molecular complexity index is 5650. The number of benzene rings is 9. The fraction of sp³-hybridized carbons (Fsp3) is 0.337. The second-order valence-corrected chi connectivity index (χ2v) is 39.3. The van der Waals surface area contributed by atoms with E-state index in [1.807, 2.05) is 250 Å². The number of aromatic nitrogens is 1. The Kier molecular flexibility index (Phi) is 30.5. The first-order chi connectivity index (χ1) is 61.6. The highest BCUT2D eigenvalue weighted by Crippen LogP contribution is 2.59. The summed E-state index contributed by atoms with van der Waals surface area (Å²) >= 11 is 35.6. The molecule has 0 bridgehead atoms. The molecule has 4 N–H and O–H groups in total. The number of anilines is 1. The molecule has 12 amide bonds. The zero-order valence-electron chi connectivity index (χ0n) is 72.5. The highest BCUT2D eigenvalue weighted by Gasteiger charge is 2.63. The van der Waals surface area contributed by atoms with Gasteiger partial charge in [-0.1, -0.05) is 183 Å². The van der Waals surface area contributed by atoms with Crippen LogP contribution in [0.4, 0.5) is 20.1 Å². The van der Waals surface area contributed by atoms with Crippen molar-refractivity contribution < 1.29 is 43.2 Å². The minimum atomic E-state index is -1.17. The van der Waals surface area contributed by atoms with E-state index < -0.39 is 32.4 Å². The fourth-order valence-electron chi connectivity index (χ4n) is 17.6. The molecule has 6 atom stereocenters. The van der Waals surface area contributed by atoms with Crippen molar-refractivity contribution in [2.75, 3.05) is 103 Å². The lowest BCUT2D eigenvalue weighted by Crippen LogP contribution is -2.58. The van der Waals surface area contributed by atoms with Gasteiger partial charge >= 0.3 is 18.1 Å². The SMILES string of the molecule is CCNC(=O)N1CCN(C(=O)C2(Sc3ccc(C)cc3)CC(=O)N(Cc3ccc(Cl)cc3)C2c2ccc(Cl)cc2)CC1.CCNC(=O)N1CCN(C(=O)C2(Sc3ccc(C)cc3)CC(=O)N(c3ccc(Cl)cc3)C2c2ccc(Cl)cc2)CC1.CCNC(=O)N1CCN(C(=O)[C@]2(Sc3ccc(C)cc3)CC(=O)N(Cc3ccc(C)cc3)[C@H]2c2c[nH]c3cc(Cl)ccc23)CC1. The van der Waals surface area contributed by atoms with E-state index in [1.165, 1.54) is 35.3 Å². The Morgan fingerprint density at radius 2 is 0.656 bits per heavy atom. The van der Waals surface area contributed by atoms with Crippen molar-refractivity contribution in [2.24, 2.45) is 0 Å². The molecule has 10 aromatic rings. The van der Waals surface area contributed by atoms with Crippen LogP contribution < -0.4 is 20.9 Å². The lowest BCUT2D eigenvalue weighted by Gasteiger charge is -2.42. The smallest absolute Gasteiger partial charge is 0.317 e. The minimum Gasteiger partial charge on any atom is -0.361 e. The van der Waals surface area contributed by atoms with E-state index >= 15 is 4.79 Å². The number of hydrogen-bond acceptors (Lipinski definition) is 12. The van der Waals surface area contributed by atoms with Crippen molar-refractivity contribution in [2.45, 2.75) is 128 Å². The maximum atomic E-state index is 15.1. The van der Waals surface area contributed by atoms with Gasteiger partial charge in [-0.05, 0) is 180 Å². The molecule has 4 unspecified atom stereocenters. The van der Waals surface area contributed by atoms with Crippen LogP contribution in [0.1, 0.15) is 108 Å². The van der Waals surface area contributed by atoms with Gasteiger partial charge in [0, 0.05) is 179 Å². The number of H-pyrrole nitrogens is 1. The summed E-state index contributed by atoms with van der Waals surface area (Å²) in [7, 11) is 0. The summed E-state index contributed by atoms with van der Waals surface area (Å²) in [5.74, 6) is -0.631. The first-order valence-electron chi connectivity index (χ1n) is 43.1. The number of halogens is 5. The molecule has 30 heteroatoms. The first kappa shape index (κ1) is 93.8. The van der Waals surface area contributed by atoms with Gasteiger partial charge in [0.1, 0.15) is 14.2 Å². The van der Waals surface area contributed by atoms with Crippen LogP contribution >= 0.6 is 93.3 Å². The molecule has 0 radical (unpaired) electrons. The number of rotatable bonds is 20. The number of urea groups is 3. The molecule has 16 rings (SSSR count). The summed E-state index contributed by atoms with van der Waals surface area (Å²) in [5, 5.41) is 12.4. The molecular formula is C98H104Cl5N13O9S3. The van der Waals surface area contributed by atoms with E-state index in [4.69, 9.17) is 58.0 Å². The second-order valence-electron chi connectivity index (χ2n) is 32.9. The normalized spacial score (nSPS) is 20.5. The van der Waals surface area contributed by atoms with Gasteiger partial charge in [0.05, 0.1) is 37.4 Å². The summed E-state index contributed by atoms with van der Waals surface area (Å²) in [5.41, 5.74) is 10.5. The predicted molar refractivity (Wildman–Crippen MR) is 512 cm³/mol. The maximum absolute atomic E-state index is 15.1. The number of thioether (sulfide) groups is 3. The van der Waals surface area contributed by atoms with Crippen LogP contribution in [0, 0.1) is 27.7 Å². The van der Waals surface area contributed by atoms with Crippen LogP contribution in [0.25, 0.3) is 10.9 Å². The molecule has 22 nitrogen and oxygen atoms in total. The maximum Gasteiger partial charge on any atom is 0.317 e. The van der Waals surface area contributed by atoms with Crippen LogP contribution in [-0.2, 0) is 41.9 Å². The molecule has 6 aliphatic rings. The summed E-state index contributed by atoms with van der Waals surface area (Å²) in [6.07, 6.45) is 2.04. The molecule has 6 fully saturated rings. The average molecular weight is 1880 g/mol. The monoisotopic (exact) mass is 1880 g/mol. The van der Waals surface area contributed by atoms with Crippen molar-refractivity contribution in [3.8, 4) is 0 Å². The number of aryl methyl sites for hydroxylation is 4. The predicted octanol–water partition coefficient (Wildman–Crippen LogP) is 18.7. The van der Waals surface area contributed by atoms with E-state index in [1.54, 1.807) is 60.9 Å². The van der Waals surface area contributed by atoms with Gasteiger partial charge in [0.15, 0.2) is 0 Å². The molecule has 9 aromatic carbocycles. The number of likely N-dealkylation sites (tertiary alicyclic amines) is 2. The molecular weight excluding hydrogens is 1780 g/mol. The van der Waals surface area contributed by atoms with E-state index in [2.05, 4.69) is 20.9 Å². The van der Waals surface area contributed by atoms with Crippen LogP contribution in [0.2, 0.25) is 25.1 Å². The Morgan fingerprint density at radius 3 is 1.03 bits per heavy atom. The number of amides is 12. The van der Waals surface area contributed by atoms with Crippen LogP contribution in [0.3, 0.4) is 0 Å². The third kappa shape index (κ3) is 21.1. The second kappa shape index (κ2) is 41.6. The Morgan fingerprint density at radius 1 is 0.359 bits per heavy atom. The zero-order chi connectivity index (χ0) is 90.7. The molecule has 6 saturated heterocycles. The summed E-state index contributed by atoms with van der Waals surface area (Å²) in [6.45, 7) is 21.0. The Labute approximate surface area is 785 Å². The largest absolute Gasteiger partial charge is 0.361 e. The van der Waals surface area contributed by atoms with Gasteiger partial charge in [-0.15, -0.1) is 35.3 Å². The van der Waals surface area contributed by atoms with Crippen LogP contribution in [0.15, 0.2) is 233 Å². The fourth-order valence-corrected chi connectivity index (χ4v) is 22.7. The molecule has 6 aliphatic heterocycles. The Balaban J connectivity index is 0.000000156. The summed E-state index contributed by atoms with van der Waals surface area (Å²) in [6, 6.07) is 65.3. The number of carbonyl (C=O) groups excluding carboxylic acids is 9. The van der Waals surface area contributed by atoms with Crippen molar-refractivity contribution in [3.05, 3.63) is 294 Å². The van der Waals surface area contributed by atoms with Gasteiger partial charge in [-0.3, -0.25) is 28.8 Å². The quantitative estimate of drug-likeness (QED) is 0.0558. The number of piperazine rings is 3. The van der Waals surface area contributed by atoms with Crippen molar-refractivity contribution >= 4 is 163 Å². The molecule has 1 aromatic heterocycles. The zero-order valence-corrected chi connectivity index (χ0v) is 78.7. The van der Waals surface area contributed by atoms with E-state index in [0.717, 1.165) is 75.7 Å². The van der Waals surface area contributed by atoms with Crippen molar-refractivity contribution in [3.63, 3.8) is 0 Å². The molecule has 0 spiro atoms. The number of carbonyl (C=O) groups is 9. The summed E-state index contributed by atoms with van der Waals surface area (Å²) < 4.78 is -3.46. The third-order valence-electron chi connectivity index (χ3n) is 24.1. The van der Waals surface area contributed by atoms with E-state index in [9.17, 15) is 38.4 Å². The van der Waals surface area contributed by atoms with Gasteiger partial charge in [0.2, 0.25) is 35.4 Å². The van der Waals surface area contributed by atoms with Gasteiger partial charge in [-0.2, -0.15) is 0 Å². The number of aromatic amines is 1. The van der Waals surface area contributed by atoms with Crippen LogP contribution in [-0.4, -0.2) is 210 Å². The number of nitrogens with zero attached hydrogens (tertiary/aromatic N) is 9.